The molecule has 0 unspecified atom stereocenters. The molecule has 1 aromatic heterocycles. The Kier molecular flexibility index (Phi) is 11.2. The smallest absolute Gasteiger partial charge is 0.227 e. The van der Waals surface area contributed by atoms with Gasteiger partial charge in [-0.25, -0.2) is 4.98 Å². The van der Waals surface area contributed by atoms with Crippen molar-refractivity contribution < 1.29 is 4.42 Å². The van der Waals surface area contributed by atoms with Gasteiger partial charge in [-0.3, -0.25) is 0 Å². The topological polar surface area (TPSA) is 50.1 Å². The second-order valence-corrected chi connectivity index (χ2v) is 7.27. The van der Waals surface area contributed by atoms with Gasteiger partial charge in [0.2, 0.25) is 5.89 Å². The van der Waals surface area contributed by atoms with Crippen molar-refractivity contribution in [3.05, 3.63) is 90.0 Å². The van der Waals surface area contributed by atoms with Gasteiger partial charge in [0.1, 0.15) is 5.69 Å². The largest absolute Gasteiger partial charge is 0.435 e. The van der Waals surface area contributed by atoms with Crippen LogP contribution in [0.4, 0.5) is 0 Å². The van der Waals surface area contributed by atoms with Crippen LogP contribution in [-0.2, 0) is 0 Å². The summed E-state index contributed by atoms with van der Waals surface area (Å²) in [5.41, 5.74) is 3.57. The Morgan fingerprint density at radius 3 is 1.75 bits per heavy atom. The number of oxazole rings is 1. The maximum atomic E-state index is 6.39. The number of hydrogen-bond donors (Lipinski definition) is 2. The molecule has 0 spiro atoms. The van der Waals surface area contributed by atoms with Gasteiger partial charge in [-0.15, -0.1) is 0 Å². The minimum Gasteiger partial charge on any atom is -0.435 e. The Labute approximate surface area is 196 Å². The van der Waals surface area contributed by atoms with Crippen LogP contribution >= 0.6 is 11.6 Å². The number of aromatic nitrogens is 1. The summed E-state index contributed by atoms with van der Waals surface area (Å²) in [4.78, 5) is 4.74. The van der Waals surface area contributed by atoms with Crippen LogP contribution in [0.2, 0.25) is 5.02 Å². The summed E-state index contributed by atoms with van der Waals surface area (Å²) in [7, 11) is 3.75. The Morgan fingerprint density at radius 2 is 1.25 bits per heavy atom. The predicted molar refractivity (Wildman–Crippen MR) is 137 cm³/mol. The van der Waals surface area contributed by atoms with E-state index in [4.69, 9.17) is 21.0 Å². The second-order valence-electron chi connectivity index (χ2n) is 6.87. The monoisotopic (exact) mass is 449 g/mol. The lowest BCUT2D eigenvalue weighted by Crippen LogP contribution is -2.09. The predicted octanol–water partition coefficient (Wildman–Crippen LogP) is 6.78. The highest BCUT2D eigenvalue weighted by molar-refractivity contribution is 6.33. The van der Waals surface area contributed by atoms with E-state index in [1.54, 1.807) is 0 Å². The van der Waals surface area contributed by atoms with E-state index < -0.39 is 0 Å². The number of nitrogens with zero attached hydrogens (tertiary/aromatic N) is 1. The van der Waals surface area contributed by atoms with Gasteiger partial charge < -0.3 is 15.1 Å². The van der Waals surface area contributed by atoms with Crippen LogP contribution in [0.25, 0.3) is 34.0 Å². The molecular formula is C27H32ClN3O. The lowest BCUT2D eigenvalue weighted by Gasteiger charge is -2.03. The van der Waals surface area contributed by atoms with Gasteiger partial charge in [-0.05, 0) is 51.5 Å². The normalized spacial score (nSPS) is 9.91. The van der Waals surface area contributed by atoms with Crippen LogP contribution in [0.1, 0.15) is 13.8 Å². The van der Waals surface area contributed by atoms with Gasteiger partial charge in [0.15, 0.2) is 5.76 Å². The van der Waals surface area contributed by atoms with Gasteiger partial charge in [-0.1, -0.05) is 86.1 Å². The highest BCUT2D eigenvalue weighted by atomic mass is 35.5. The van der Waals surface area contributed by atoms with Crippen LogP contribution in [0.3, 0.4) is 0 Å². The number of rotatable bonds is 5. The second kappa shape index (κ2) is 14.2. The molecule has 168 valence electrons. The first-order valence-corrected chi connectivity index (χ1v) is 11.2. The molecule has 4 rings (SSSR count). The van der Waals surface area contributed by atoms with E-state index in [2.05, 4.69) is 24.5 Å². The average molecular weight is 450 g/mol. The first kappa shape index (κ1) is 25.3. The molecule has 0 saturated carbocycles. The third-order valence-corrected chi connectivity index (χ3v) is 4.64. The zero-order valence-electron chi connectivity index (χ0n) is 19.2. The molecule has 0 amide bonds. The maximum absolute atomic E-state index is 6.39. The van der Waals surface area contributed by atoms with E-state index in [0.717, 1.165) is 35.5 Å². The molecule has 0 aliphatic heterocycles. The van der Waals surface area contributed by atoms with Crippen LogP contribution in [0.5, 0.6) is 0 Å². The quantitative estimate of drug-likeness (QED) is 0.352. The van der Waals surface area contributed by atoms with E-state index >= 15 is 0 Å². The van der Waals surface area contributed by atoms with Gasteiger partial charge in [0, 0.05) is 16.7 Å². The summed E-state index contributed by atoms with van der Waals surface area (Å²) in [5.74, 6) is 1.27. The Bertz CT molecular complexity index is 1030. The number of hydrogen-bond acceptors (Lipinski definition) is 4. The average Bonchev–Trinajstić information content (AvgIpc) is 3.27. The van der Waals surface area contributed by atoms with E-state index in [1.807, 2.05) is 99.0 Å². The molecule has 4 nitrogen and oxygen atoms in total. The molecule has 5 heteroatoms. The molecule has 3 aromatic carbocycles. The molecular weight excluding hydrogens is 418 g/mol. The fraction of sp³-hybridized carbons (Fsp3) is 0.222. The minimum absolute atomic E-state index is 0.587. The summed E-state index contributed by atoms with van der Waals surface area (Å²) in [6.45, 7) is 6.39. The SMILES string of the molecule is CCNCC.CNC.Clc1ccccc1-c1oc(-c2ccccc2)nc1-c1ccccc1. The Hall–Kier alpha value is -2.92. The van der Waals surface area contributed by atoms with Crippen LogP contribution < -0.4 is 10.6 Å². The fourth-order valence-electron chi connectivity index (χ4n) is 2.89. The zero-order valence-corrected chi connectivity index (χ0v) is 20.0. The summed E-state index contributed by atoms with van der Waals surface area (Å²) < 4.78 is 6.13. The summed E-state index contributed by atoms with van der Waals surface area (Å²) >= 11 is 6.39. The van der Waals surface area contributed by atoms with Gasteiger partial charge in [-0.2, -0.15) is 0 Å². The Morgan fingerprint density at radius 1 is 0.750 bits per heavy atom. The van der Waals surface area contributed by atoms with Gasteiger partial charge >= 0.3 is 0 Å². The van der Waals surface area contributed by atoms with Crippen molar-refractivity contribution in [2.24, 2.45) is 0 Å². The molecule has 2 N–H and O–H groups in total. The van der Waals surface area contributed by atoms with E-state index in [0.29, 0.717) is 16.7 Å². The number of halogens is 1. The molecule has 32 heavy (non-hydrogen) atoms. The molecule has 0 aliphatic rings. The molecule has 0 aliphatic carbocycles. The van der Waals surface area contributed by atoms with Crippen molar-refractivity contribution in [3.8, 4) is 34.0 Å². The van der Waals surface area contributed by atoms with Crippen LogP contribution in [-0.4, -0.2) is 32.2 Å². The molecule has 4 aromatic rings. The van der Waals surface area contributed by atoms with E-state index in [9.17, 15) is 0 Å². The number of benzene rings is 3. The third kappa shape index (κ3) is 7.34. The molecule has 0 atom stereocenters. The maximum Gasteiger partial charge on any atom is 0.227 e. The molecule has 0 saturated heterocycles. The van der Waals surface area contributed by atoms with E-state index in [-0.39, 0.29) is 0 Å². The highest BCUT2D eigenvalue weighted by Crippen LogP contribution is 2.38. The lowest BCUT2D eigenvalue weighted by molar-refractivity contribution is 0.589. The first-order chi connectivity index (χ1) is 15.7. The van der Waals surface area contributed by atoms with Crippen molar-refractivity contribution in [2.45, 2.75) is 13.8 Å². The first-order valence-electron chi connectivity index (χ1n) is 10.8. The third-order valence-electron chi connectivity index (χ3n) is 4.31. The molecule has 0 fully saturated rings. The van der Waals surface area contributed by atoms with Crippen molar-refractivity contribution in [1.29, 1.82) is 0 Å². The van der Waals surface area contributed by atoms with Crippen molar-refractivity contribution >= 4 is 11.6 Å². The summed E-state index contributed by atoms with van der Waals surface area (Å²) in [6, 6.07) is 27.5. The molecule has 0 radical (unpaired) electrons. The summed E-state index contributed by atoms with van der Waals surface area (Å²) in [6.07, 6.45) is 0. The van der Waals surface area contributed by atoms with Crippen molar-refractivity contribution in [3.63, 3.8) is 0 Å². The summed E-state index contributed by atoms with van der Waals surface area (Å²) in [5, 5.41) is 6.51. The van der Waals surface area contributed by atoms with Crippen molar-refractivity contribution in [1.82, 2.24) is 15.6 Å². The highest BCUT2D eigenvalue weighted by Gasteiger charge is 2.19. The fourth-order valence-corrected chi connectivity index (χ4v) is 3.12. The zero-order chi connectivity index (χ0) is 23.2. The lowest BCUT2D eigenvalue weighted by atomic mass is 10.1. The van der Waals surface area contributed by atoms with Crippen molar-refractivity contribution in [2.75, 3.05) is 27.2 Å². The van der Waals surface area contributed by atoms with Crippen LogP contribution in [0.15, 0.2) is 89.3 Å². The van der Waals surface area contributed by atoms with Gasteiger partial charge in [0.25, 0.3) is 0 Å². The van der Waals surface area contributed by atoms with Crippen LogP contribution in [0, 0.1) is 0 Å². The number of nitrogens with one attached hydrogen (secondary N) is 2. The standard InChI is InChI=1S/C21H14ClNO.C4H11N.C2H7N/c22-18-14-8-7-13-17(18)20-19(15-9-3-1-4-10-15)23-21(24-20)16-11-5-2-6-12-16;1-3-5-4-2;1-3-2/h1-14H;5H,3-4H2,1-2H3;3H,1-2H3. The van der Waals surface area contributed by atoms with E-state index in [1.165, 1.54) is 0 Å². The minimum atomic E-state index is 0.587. The molecule has 0 bridgehead atoms. The molecule has 1 heterocycles. The van der Waals surface area contributed by atoms with Gasteiger partial charge in [0.05, 0.1) is 5.02 Å². The Balaban J connectivity index is 0.000000395.